The lowest BCUT2D eigenvalue weighted by atomic mass is 9.99. The molecule has 136 valence electrons. The highest BCUT2D eigenvalue weighted by atomic mass is 32.2. The fraction of sp³-hybridized carbons (Fsp3) is 0.286. The van der Waals surface area contributed by atoms with Crippen molar-refractivity contribution in [1.29, 1.82) is 0 Å². The molecular formula is C21H22O4S. The van der Waals surface area contributed by atoms with Crippen LogP contribution in [0.2, 0.25) is 0 Å². The van der Waals surface area contributed by atoms with Crippen molar-refractivity contribution in [3.05, 3.63) is 64.7 Å². The molecule has 26 heavy (non-hydrogen) atoms. The van der Waals surface area contributed by atoms with Gasteiger partial charge in [0.05, 0.1) is 13.2 Å². The Morgan fingerprint density at radius 1 is 1.35 bits per heavy atom. The molecule has 4 nitrogen and oxygen atoms in total. The maximum absolute atomic E-state index is 12.7. The summed E-state index contributed by atoms with van der Waals surface area (Å²) in [5.74, 6) is -0.0785. The molecule has 0 bridgehead atoms. The second-order valence-corrected chi connectivity index (χ2v) is 7.61. The number of methoxy groups -OCH3 is 1. The molecule has 3 rings (SSSR count). The zero-order chi connectivity index (χ0) is 18.8. The van der Waals surface area contributed by atoms with E-state index in [1.807, 2.05) is 38.1 Å². The van der Waals surface area contributed by atoms with Gasteiger partial charge < -0.3 is 14.6 Å². The van der Waals surface area contributed by atoms with Crippen LogP contribution in [-0.2, 0) is 11.3 Å². The summed E-state index contributed by atoms with van der Waals surface area (Å²) in [5, 5.41) is 10.5. The van der Waals surface area contributed by atoms with E-state index < -0.39 is 12.1 Å². The Balaban J connectivity index is 2.11. The van der Waals surface area contributed by atoms with Gasteiger partial charge in [-0.25, -0.2) is 4.79 Å². The molecular weight excluding hydrogens is 348 g/mol. The third-order valence-electron chi connectivity index (χ3n) is 4.25. The molecule has 0 aliphatic carbocycles. The van der Waals surface area contributed by atoms with Gasteiger partial charge >= 0.3 is 5.97 Å². The number of aliphatic hydroxyl groups excluding tert-OH is 1. The zero-order valence-corrected chi connectivity index (χ0v) is 16.0. The number of esters is 1. The van der Waals surface area contributed by atoms with Gasteiger partial charge in [-0.3, -0.25) is 0 Å². The number of aliphatic hydroxyl groups is 1. The summed E-state index contributed by atoms with van der Waals surface area (Å²) in [6.45, 7) is 7.92. The third-order valence-corrected chi connectivity index (χ3v) is 5.43. The molecule has 0 aromatic heterocycles. The third kappa shape index (κ3) is 3.64. The van der Waals surface area contributed by atoms with Crippen molar-refractivity contribution in [2.24, 2.45) is 0 Å². The first kappa shape index (κ1) is 18.5. The number of carbonyl (C=O) groups is 1. The van der Waals surface area contributed by atoms with Gasteiger partial charge in [0.1, 0.15) is 17.9 Å². The quantitative estimate of drug-likeness (QED) is 0.617. The molecule has 1 unspecified atom stereocenters. The Morgan fingerprint density at radius 3 is 2.77 bits per heavy atom. The smallest absolute Gasteiger partial charge is 0.343 e. The molecule has 1 heterocycles. The molecule has 1 aliphatic rings. The molecule has 5 heteroatoms. The highest BCUT2D eigenvalue weighted by molar-refractivity contribution is 7.99. The Labute approximate surface area is 157 Å². The van der Waals surface area contributed by atoms with Gasteiger partial charge in [-0.15, -0.1) is 6.58 Å². The number of carbonyl (C=O) groups excluding carboxylic acids is 1. The number of hydrogen-bond donors (Lipinski definition) is 1. The minimum absolute atomic E-state index is 0.212. The average molecular weight is 370 g/mol. The van der Waals surface area contributed by atoms with Crippen molar-refractivity contribution in [3.8, 4) is 5.75 Å². The maximum Gasteiger partial charge on any atom is 0.343 e. The van der Waals surface area contributed by atoms with Crippen LogP contribution in [0.1, 0.15) is 46.5 Å². The van der Waals surface area contributed by atoms with Gasteiger partial charge in [-0.05, 0) is 32.4 Å². The summed E-state index contributed by atoms with van der Waals surface area (Å²) in [7, 11) is 1.50. The Hall–Kier alpha value is -2.24. The van der Waals surface area contributed by atoms with Crippen LogP contribution in [0.15, 0.2) is 52.3 Å². The van der Waals surface area contributed by atoms with Crippen molar-refractivity contribution in [2.75, 3.05) is 7.11 Å². The number of cyclic esters (lactones) is 1. The molecule has 0 fully saturated rings. The number of hydrogen-bond acceptors (Lipinski definition) is 5. The summed E-state index contributed by atoms with van der Waals surface area (Å²) < 4.78 is 11.0. The van der Waals surface area contributed by atoms with Gasteiger partial charge in [0.25, 0.3) is 0 Å². The molecule has 0 amide bonds. The lowest BCUT2D eigenvalue weighted by Crippen LogP contribution is -2.14. The van der Waals surface area contributed by atoms with E-state index in [1.54, 1.807) is 6.07 Å². The van der Waals surface area contributed by atoms with Gasteiger partial charge in [0.15, 0.2) is 0 Å². The van der Waals surface area contributed by atoms with Gasteiger partial charge in [-0.2, -0.15) is 0 Å². The van der Waals surface area contributed by atoms with Crippen LogP contribution in [-0.4, -0.2) is 18.2 Å². The zero-order valence-electron chi connectivity index (χ0n) is 15.2. The van der Waals surface area contributed by atoms with E-state index in [0.717, 1.165) is 26.5 Å². The first-order valence-electron chi connectivity index (χ1n) is 8.38. The van der Waals surface area contributed by atoms with E-state index in [1.165, 1.54) is 18.9 Å². The average Bonchev–Trinajstić information content (AvgIpc) is 2.59. The van der Waals surface area contributed by atoms with E-state index in [2.05, 4.69) is 6.58 Å². The number of rotatable bonds is 4. The van der Waals surface area contributed by atoms with Crippen LogP contribution in [0.25, 0.3) is 0 Å². The molecule has 1 N–H and O–H groups in total. The molecule has 0 saturated carbocycles. The Morgan fingerprint density at radius 2 is 2.08 bits per heavy atom. The summed E-state index contributed by atoms with van der Waals surface area (Å²) in [5.41, 5.74) is 3.89. The van der Waals surface area contributed by atoms with E-state index in [4.69, 9.17) is 9.47 Å². The van der Waals surface area contributed by atoms with E-state index in [-0.39, 0.29) is 6.61 Å². The molecule has 0 saturated heterocycles. The minimum Gasteiger partial charge on any atom is -0.495 e. The Bertz CT molecular complexity index is 873. The van der Waals surface area contributed by atoms with Crippen molar-refractivity contribution in [1.82, 2.24) is 0 Å². The molecule has 0 radical (unpaired) electrons. The van der Waals surface area contributed by atoms with Crippen molar-refractivity contribution in [3.63, 3.8) is 0 Å². The fourth-order valence-corrected chi connectivity index (χ4v) is 4.07. The van der Waals surface area contributed by atoms with Crippen molar-refractivity contribution in [2.45, 2.75) is 42.8 Å². The fourth-order valence-electron chi connectivity index (χ4n) is 3.04. The molecule has 2 aromatic carbocycles. The minimum atomic E-state index is -0.786. The van der Waals surface area contributed by atoms with Gasteiger partial charge in [0.2, 0.25) is 0 Å². The molecule has 2 aromatic rings. The van der Waals surface area contributed by atoms with E-state index in [9.17, 15) is 9.90 Å². The second kappa shape index (κ2) is 7.56. The van der Waals surface area contributed by atoms with Crippen LogP contribution >= 0.6 is 11.8 Å². The van der Waals surface area contributed by atoms with E-state index >= 15 is 0 Å². The SMILES string of the molecule is C=C(C)CC(O)c1ccc2c(c1OC)C(=O)OCc1cc(C)ccc1S2. The van der Waals surface area contributed by atoms with Crippen LogP contribution in [0, 0.1) is 6.92 Å². The first-order chi connectivity index (χ1) is 12.4. The van der Waals surface area contributed by atoms with Crippen LogP contribution in [0.5, 0.6) is 5.75 Å². The second-order valence-electron chi connectivity index (χ2n) is 6.53. The van der Waals surface area contributed by atoms with Crippen LogP contribution in [0.4, 0.5) is 0 Å². The van der Waals surface area contributed by atoms with Gasteiger partial charge in [-0.1, -0.05) is 41.1 Å². The number of fused-ring (bicyclic) bond motifs is 2. The van der Waals surface area contributed by atoms with Crippen LogP contribution in [0.3, 0.4) is 0 Å². The summed E-state index contributed by atoms with van der Waals surface area (Å²) >= 11 is 1.51. The highest BCUT2D eigenvalue weighted by Crippen LogP contribution is 2.42. The maximum atomic E-state index is 12.7. The van der Waals surface area contributed by atoms with Gasteiger partial charge in [0, 0.05) is 20.9 Å². The molecule has 1 aliphatic heterocycles. The highest BCUT2D eigenvalue weighted by Gasteiger charge is 2.27. The Kier molecular flexibility index (Phi) is 5.39. The topological polar surface area (TPSA) is 55.8 Å². The largest absolute Gasteiger partial charge is 0.495 e. The summed E-state index contributed by atoms with van der Waals surface area (Å²) in [6.07, 6.45) is -0.384. The number of benzene rings is 2. The monoisotopic (exact) mass is 370 g/mol. The first-order valence-corrected chi connectivity index (χ1v) is 9.20. The molecule has 0 spiro atoms. The van der Waals surface area contributed by atoms with Crippen molar-refractivity contribution >= 4 is 17.7 Å². The lowest BCUT2D eigenvalue weighted by molar-refractivity contribution is 0.0459. The number of aryl methyl sites for hydroxylation is 1. The van der Waals surface area contributed by atoms with Crippen molar-refractivity contribution < 1.29 is 19.4 Å². The standard InChI is InChI=1S/C21H22O4S/c1-12(2)9-16(22)15-6-8-18-19(20(15)24-4)21(23)25-11-14-10-13(3)5-7-17(14)26-18/h5-8,10,16,22H,1,9,11H2,2-4H3. The molecule has 1 atom stereocenters. The van der Waals surface area contributed by atoms with E-state index in [0.29, 0.717) is 23.3 Å². The predicted octanol–water partition coefficient (Wildman–Crippen LogP) is 4.82. The number of ether oxygens (including phenoxy) is 2. The predicted molar refractivity (Wildman–Crippen MR) is 102 cm³/mol. The summed E-state index contributed by atoms with van der Waals surface area (Å²) in [6, 6.07) is 9.76. The lowest BCUT2D eigenvalue weighted by Gasteiger charge is -2.22. The normalized spacial score (nSPS) is 14.4. The summed E-state index contributed by atoms with van der Waals surface area (Å²) in [4.78, 5) is 14.5. The van der Waals surface area contributed by atoms with Crippen LogP contribution < -0.4 is 4.74 Å².